The van der Waals surface area contributed by atoms with E-state index in [1.807, 2.05) is 5.57 Å². The Balaban J connectivity index is 1.37. The Morgan fingerprint density at radius 2 is 2.07 bits per heavy atom. The number of fused-ring (bicyclic) bond motifs is 3. The molecule has 0 heterocycles. The molecular weight excluding hydrogens is 360 g/mol. The SMILES string of the molecule is C/C(CCCC(C)C)=C1/CC[C@H]2[C@@H]3CC=C4C[C@@H](Cl)CC5CC45C3CCC12C. The fourth-order valence-electron chi connectivity index (χ4n) is 8.80. The molecule has 0 N–H and O–H groups in total. The zero-order valence-electron chi connectivity index (χ0n) is 18.7. The van der Waals surface area contributed by atoms with Crippen molar-refractivity contribution in [3.63, 3.8) is 0 Å². The quantitative estimate of drug-likeness (QED) is 0.328. The minimum atomic E-state index is 0.423. The molecule has 5 aliphatic carbocycles. The topological polar surface area (TPSA) is 0 Å². The summed E-state index contributed by atoms with van der Waals surface area (Å²) in [5.74, 6) is 4.67. The average Bonchev–Trinajstić information content (AvgIpc) is 3.23. The van der Waals surface area contributed by atoms with Gasteiger partial charge in [0.2, 0.25) is 0 Å². The van der Waals surface area contributed by atoms with Gasteiger partial charge in [-0.2, -0.15) is 0 Å². The van der Waals surface area contributed by atoms with Crippen LogP contribution in [0.1, 0.15) is 98.3 Å². The Bertz CT molecular complexity index is 699. The Kier molecular flexibility index (Phi) is 4.86. The van der Waals surface area contributed by atoms with Crippen LogP contribution in [0.15, 0.2) is 22.8 Å². The van der Waals surface area contributed by atoms with Crippen molar-refractivity contribution in [1.82, 2.24) is 0 Å². The summed E-state index contributed by atoms with van der Waals surface area (Å²) >= 11 is 6.61. The second-order valence-electron chi connectivity index (χ2n) is 11.9. The fourth-order valence-corrected chi connectivity index (χ4v) is 9.18. The van der Waals surface area contributed by atoms with Gasteiger partial charge in [0.15, 0.2) is 0 Å². The van der Waals surface area contributed by atoms with Crippen LogP contribution in [-0.2, 0) is 0 Å². The van der Waals surface area contributed by atoms with Crippen LogP contribution in [0, 0.1) is 40.4 Å². The molecule has 7 atom stereocenters. The van der Waals surface area contributed by atoms with E-state index in [1.54, 1.807) is 11.1 Å². The normalized spacial score (nSPS) is 48.4. The maximum atomic E-state index is 6.61. The molecule has 1 spiro atoms. The predicted octanol–water partition coefficient (Wildman–Crippen LogP) is 8.31. The highest BCUT2D eigenvalue weighted by atomic mass is 35.5. The van der Waals surface area contributed by atoms with Gasteiger partial charge < -0.3 is 0 Å². The molecule has 5 rings (SSSR count). The van der Waals surface area contributed by atoms with Crippen molar-refractivity contribution in [2.24, 2.45) is 40.4 Å². The number of hydrogen-bond donors (Lipinski definition) is 0. The van der Waals surface area contributed by atoms with Crippen LogP contribution in [-0.4, -0.2) is 5.38 Å². The zero-order valence-corrected chi connectivity index (χ0v) is 19.5. The summed E-state index contributed by atoms with van der Waals surface area (Å²) in [7, 11) is 0. The lowest BCUT2D eigenvalue weighted by Gasteiger charge is -2.53. The molecule has 28 heavy (non-hydrogen) atoms. The number of halogens is 1. The lowest BCUT2D eigenvalue weighted by molar-refractivity contribution is 0.0152. The largest absolute Gasteiger partial charge is 0.123 e. The highest BCUT2D eigenvalue weighted by Gasteiger charge is 2.68. The first-order valence-corrected chi connectivity index (χ1v) is 12.8. The summed E-state index contributed by atoms with van der Waals surface area (Å²) in [6, 6.07) is 0. The van der Waals surface area contributed by atoms with E-state index in [4.69, 9.17) is 11.6 Å². The Labute approximate surface area is 178 Å². The summed E-state index contributed by atoms with van der Waals surface area (Å²) in [6.45, 7) is 9.87. The highest BCUT2D eigenvalue weighted by molar-refractivity contribution is 6.20. The molecule has 1 heteroatoms. The molecule has 156 valence electrons. The number of alkyl halides is 1. The molecule has 0 bridgehead atoms. The molecule has 5 aliphatic rings. The van der Waals surface area contributed by atoms with Crippen molar-refractivity contribution in [2.45, 2.75) is 104 Å². The van der Waals surface area contributed by atoms with Gasteiger partial charge in [0.05, 0.1) is 0 Å². The van der Waals surface area contributed by atoms with Crippen LogP contribution in [0.25, 0.3) is 0 Å². The van der Waals surface area contributed by atoms with E-state index >= 15 is 0 Å². The van der Waals surface area contributed by atoms with Crippen molar-refractivity contribution in [3.05, 3.63) is 22.8 Å². The van der Waals surface area contributed by atoms with E-state index < -0.39 is 0 Å². The van der Waals surface area contributed by atoms with Crippen molar-refractivity contribution in [3.8, 4) is 0 Å². The van der Waals surface area contributed by atoms with Crippen LogP contribution in [0.3, 0.4) is 0 Å². The maximum absolute atomic E-state index is 6.61. The Morgan fingerprint density at radius 1 is 1.25 bits per heavy atom. The van der Waals surface area contributed by atoms with E-state index in [0.717, 1.165) is 29.6 Å². The first-order valence-electron chi connectivity index (χ1n) is 12.4. The molecule has 4 saturated carbocycles. The van der Waals surface area contributed by atoms with Crippen LogP contribution in [0.4, 0.5) is 0 Å². The van der Waals surface area contributed by atoms with Crippen LogP contribution < -0.4 is 0 Å². The third-order valence-corrected chi connectivity index (χ3v) is 10.4. The molecule has 0 aromatic carbocycles. The van der Waals surface area contributed by atoms with Crippen LogP contribution >= 0.6 is 11.6 Å². The molecule has 0 radical (unpaired) electrons. The van der Waals surface area contributed by atoms with Gasteiger partial charge in [-0.1, -0.05) is 50.0 Å². The third-order valence-electron chi connectivity index (χ3n) is 10.1. The van der Waals surface area contributed by atoms with E-state index in [2.05, 4.69) is 33.8 Å². The molecule has 0 amide bonds. The fraction of sp³-hybridized carbons (Fsp3) is 0.852. The van der Waals surface area contributed by atoms with Gasteiger partial charge in [-0.3, -0.25) is 0 Å². The molecule has 0 nitrogen and oxygen atoms in total. The minimum Gasteiger partial charge on any atom is -0.123 e. The molecule has 0 aromatic rings. The van der Waals surface area contributed by atoms with Crippen LogP contribution in [0.5, 0.6) is 0 Å². The van der Waals surface area contributed by atoms with E-state index in [-0.39, 0.29) is 0 Å². The van der Waals surface area contributed by atoms with Gasteiger partial charge in [-0.25, -0.2) is 0 Å². The average molecular weight is 401 g/mol. The molecule has 0 aromatic heterocycles. The summed E-state index contributed by atoms with van der Waals surface area (Å²) in [5.41, 5.74) is 6.59. The minimum absolute atomic E-state index is 0.423. The second-order valence-corrected chi connectivity index (χ2v) is 12.5. The third kappa shape index (κ3) is 2.83. The van der Waals surface area contributed by atoms with Gasteiger partial charge >= 0.3 is 0 Å². The van der Waals surface area contributed by atoms with Crippen molar-refractivity contribution < 1.29 is 0 Å². The van der Waals surface area contributed by atoms with Gasteiger partial charge in [0.25, 0.3) is 0 Å². The number of hydrogen-bond acceptors (Lipinski definition) is 0. The van der Waals surface area contributed by atoms with Crippen molar-refractivity contribution >= 4 is 11.6 Å². The molecule has 0 aliphatic heterocycles. The predicted molar refractivity (Wildman–Crippen MR) is 121 cm³/mol. The first kappa shape index (κ1) is 19.7. The van der Waals surface area contributed by atoms with Gasteiger partial charge in [-0.15, -0.1) is 11.6 Å². The first-order chi connectivity index (χ1) is 13.4. The van der Waals surface area contributed by atoms with Gasteiger partial charge in [0, 0.05) is 5.38 Å². The summed E-state index contributed by atoms with van der Waals surface area (Å²) in [5, 5.41) is 0.423. The lowest BCUT2D eigenvalue weighted by Crippen LogP contribution is -2.46. The summed E-state index contributed by atoms with van der Waals surface area (Å²) in [6.07, 6.45) is 17.9. The highest BCUT2D eigenvalue weighted by Crippen LogP contribution is 2.76. The molecular formula is C27H41Cl. The standard InChI is InChI=1S/C27H41Cl/c1-17(2)6-5-7-18(3)23-10-11-24-22-9-8-19-14-21(28)15-20-16-27(19,20)25(22)12-13-26(23,24)4/h8,17,20-22,24-25H,5-7,9-16H2,1-4H3/b23-18+/t20?,21-,22+,24+,25?,26?,27?/m1/s1. The Morgan fingerprint density at radius 3 is 2.86 bits per heavy atom. The maximum Gasteiger partial charge on any atom is 0.0376 e. The number of rotatable bonds is 4. The van der Waals surface area contributed by atoms with Crippen molar-refractivity contribution in [1.29, 1.82) is 0 Å². The zero-order chi connectivity index (χ0) is 19.7. The smallest absolute Gasteiger partial charge is 0.0376 e. The summed E-state index contributed by atoms with van der Waals surface area (Å²) < 4.78 is 0. The van der Waals surface area contributed by atoms with Crippen molar-refractivity contribution in [2.75, 3.05) is 0 Å². The van der Waals surface area contributed by atoms with E-state index in [1.165, 1.54) is 70.6 Å². The van der Waals surface area contributed by atoms with E-state index in [0.29, 0.717) is 16.2 Å². The second kappa shape index (κ2) is 6.90. The van der Waals surface area contributed by atoms with Gasteiger partial charge in [-0.05, 0) is 112 Å². The molecule has 4 fully saturated rings. The van der Waals surface area contributed by atoms with Gasteiger partial charge in [0.1, 0.15) is 0 Å². The monoisotopic (exact) mass is 400 g/mol. The Hall–Kier alpha value is -0.230. The number of allylic oxidation sites excluding steroid dienone is 4. The summed E-state index contributed by atoms with van der Waals surface area (Å²) in [4.78, 5) is 0. The van der Waals surface area contributed by atoms with Crippen LogP contribution in [0.2, 0.25) is 0 Å². The lowest BCUT2D eigenvalue weighted by atomic mass is 9.51. The molecule has 0 saturated heterocycles. The van der Waals surface area contributed by atoms with E-state index in [9.17, 15) is 0 Å². The molecule has 4 unspecified atom stereocenters.